The third kappa shape index (κ3) is 2.97. The SMILES string of the molecule is COc1ccccc1C1CCCN1CCN1CCNC1=O. The Balaban J connectivity index is 1.66. The lowest BCUT2D eigenvalue weighted by Gasteiger charge is -2.27. The molecule has 5 nitrogen and oxygen atoms in total. The largest absolute Gasteiger partial charge is 0.496 e. The number of amides is 2. The van der Waals surface area contributed by atoms with E-state index < -0.39 is 0 Å². The van der Waals surface area contributed by atoms with E-state index in [0.29, 0.717) is 6.04 Å². The summed E-state index contributed by atoms with van der Waals surface area (Å²) in [6, 6.07) is 8.75. The Kier molecular flexibility index (Phi) is 4.29. The first-order chi connectivity index (χ1) is 10.3. The first-order valence-electron chi connectivity index (χ1n) is 7.69. The predicted molar refractivity (Wildman–Crippen MR) is 81.5 cm³/mol. The molecule has 2 amide bonds. The highest BCUT2D eigenvalue weighted by atomic mass is 16.5. The maximum Gasteiger partial charge on any atom is 0.317 e. The fourth-order valence-corrected chi connectivity index (χ4v) is 3.36. The third-order valence-corrected chi connectivity index (χ3v) is 4.46. The van der Waals surface area contributed by atoms with Crippen molar-refractivity contribution in [1.29, 1.82) is 0 Å². The number of hydrogen-bond donors (Lipinski definition) is 1. The quantitative estimate of drug-likeness (QED) is 0.900. The number of nitrogens with zero attached hydrogens (tertiary/aromatic N) is 2. The average Bonchev–Trinajstić information content (AvgIpc) is 3.13. The van der Waals surface area contributed by atoms with Gasteiger partial charge < -0.3 is 15.0 Å². The molecule has 2 aliphatic heterocycles. The fraction of sp³-hybridized carbons (Fsp3) is 0.562. The summed E-state index contributed by atoms with van der Waals surface area (Å²) in [5.41, 5.74) is 1.27. The zero-order chi connectivity index (χ0) is 14.7. The number of likely N-dealkylation sites (tertiary alicyclic amines) is 1. The van der Waals surface area contributed by atoms with E-state index in [9.17, 15) is 4.79 Å². The molecular formula is C16H23N3O2. The Bertz CT molecular complexity index is 506. The summed E-state index contributed by atoms with van der Waals surface area (Å²) in [7, 11) is 1.73. The minimum absolute atomic E-state index is 0.0723. The molecule has 1 unspecified atom stereocenters. The van der Waals surface area contributed by atoms with Crippen molar-refractivity contribution in [2.75, 3.05) is 39.8 Å². The Morgan fingerprint density at radius 3 is 2.90 bits per heavy atom. The Morgan fingerprint density at radius 1 is 1.29 bits per heavy atom. The van der Waals surface area contributed by atoms with Gasteiger partial charge in [-0.25, -0.2) is 4.79 Å². The van der Waals surface area contributed by atoms with Crippen molar-refractivity contribution in [2.24, 2.45) is 0 Å². The van der Waals surface area contributed by atoms with E-state index in [-0.39, 0.29) is 6.03 Å². The second kappa shape index (κ2) is 6.35. The highest BCUT2D eigenvalue weighted by Crippen LogP contribution is 2.36. The van der Waals surface area contributed by atoms with Gasteiger partial charge in [0.2, 0.25) is 0 Å². The van der Waals surface area contributed by atoms with Gasteiger partial charge in [-0.2, -0.15) is 0 Å². The minimum Gasteiger partial charge on any atom is -0.496 e. The molecule has 1 aromatic carbocycles. The first-order valence-corrected chi connectivity index (χ1v) is 7.69. The van der Waals surface area contributed by atoms with Crippen LogP contribution in [-0.4, -0.2) is 55.7 Å². The van der Waals surface area contributed by atoms with Crippen molar-refractivity contribution >= 4 is 6.03 Å². The number of rotatable bonds is 5. The van der Waals surface area contributed by atoms with Crippen LogP contribution in [0.2, 0.25) is 0 Å². The number of nitrogens with one attached hydrogen (secondary N) is 1. The van der Waals surface area contributed by atoms with Crippen LogP contribution in [0.3, 0.4) is 0 Å². The van der Waals surface area contributed by atoms with Crippen molar-refractivity contribution < 1.29 is 9.53 Å². The lowest BCUT2D eigenvalue weighted by molar-refractivity contribution is 0.195. The molecule has 0 bridgehead atoms. The highest BCUT2D eigenvalue weighted by Gasteiger charge is 2.29. The van der Waals surface area contributed by atoms with E-state index in [4.69, 9.17) is 4.74 Å². The zero-order valence-electron chi connectivity index (χ0n) is 12.5. The lowest BCUT2D eigenvalue weighted by Crippen LogP contribution is -2.36. The average molecular weight is 289 g/mol. The lowest BCUT2D eigenvalue weighted by atomic mass is 10.0. The number of hydrogen-bond acceptors (Lipinski definition) is 3. The number of ether oxygens (including phenoxy) is 1. The number of carbonyl (C=O) groups is 1. The molecule has 1 N–H and O–H groups in total. The molecule has 2 fully saturated rings. The molecule has 21 heavy (non-hydrogen) atoms. The predicted octanol–water partition coefficient (Wildman–Crippen LogP) is 1.86. The van der Waals surface area contributed by atoms with Crippen LogP contribution in [0, 0.1) is 0 Å². The van der Waals surface area contributed by atoms with E-state index in [1.807, 2.05) is 17.0 Å². The monoisotopic (exact) mass is 289 g/mol. The summed E-state index contributed by atoms with van der Waals surface area (Å²) in [4.78, 5) is 16.0. The van der Waals surface area contributed by atoms with Crippen LogP contribution in [0.5, 0.6) is 5.75 Å². The third-order valence-electron chi connectivity index (χ3n) is 4.46. The highest BCUT2D eigenvalue weighted by molar-refractivity contribution is 5.76. The van der Waals surface area contributed by atoms with Crippen molar-refractivity contribution in [3.8, 4) is 5.75 Å². The van der Waals surface area contributed by atoms with Gasteiger partial charge in [-0.15, -0.1) is 0 Å². The van der Waals surface area contributed by atoms with E-state index in [1.54, 1.807) is 7.11 Å². The zero-order valence-corrected chi connectivity index (χ0v) is 12.5. The van der Waals surface area contributed by atoms with E-state index in [1.165, 1.54) is 12.0 Å². The van der Waals surface area contributed by atoms with Crippen molar-refractivity contribution in [1.82, 2.24) is 15.1 Å². The van der Waals surface area contributed by atoms with Gasteiger partial charge in [0.05, 0.1) is 7.11 Å². The van der Waals surface area contributed by atoms with E-state index in [0.717, 1.165) is 44.9 Å². The van der Waals surface area contributed by atoms with Gasteiger partial charge in [-0.05, 0) is 25.5 Å². The summed E-state index contributed by atoms with van der Waals surface area (Å²) in [6.07, 6.45) is 2.36. The van der Waals surface area contributed by atoms with E-state index in [2.05, 4.69) is 22.3 Å². The molecule has 2 saturated heterocycles. The van der Waals surface area contributed by atoms with Crippen molar-refractivity contribution in [2.45, 2.75) is 18.9 Å². The van der Waals surface area contributed by atoms with Crippen LogP contribution < -0.4 is 10.1 Å². The molecule has 3 rings (SSSR count). The molecule has 2 heterocycles. The second-order valence-electron chi connectivity index (χ2n) is 5.65. The normalized spacial score (nSPS) is 22.6. The standard InChI is InChI=1S/C16H23N3O2/c1-21-15-7-3-2-5-13(15)14-6-4-9-18(14)11-12-19-10-8-17-16(19)20/h2-3,5,7,14H,4,6,8-12H2,1H3,(H,17,20). The molecule has 1 aromatic rings. The minimum atomic E-state index is 0.0723. The molecule has 0 saturated carbocycles. The molecule has 0 aromatic heterocycles. The van der Waals surface area contributed by atoms with Crippen LogP contribution in [0.1, 0.15) is 24.4 Å². The number of carbonyl (C=O) groups excluding carboxylic acids is 1. The molecular weight excluding hydrogens is 266 g/mol. The number of para-hydroxylation sites is 1. The van der Waals surface area contributed by atoms with Crippen LogP contribution >= 0.6 is 0 Å². The molecule has 0 aliphatic carbocycles. The van der Waals surface area contributed by atoms with Gasteiger partial charge in [0.15, 0.2) is 0 Å². The Hall–Kier alpha value is -1.75. The van der Waals surface area contributed by atoms with Crippen molar-refractivity contribution in [3.05, 3.63) is 29.8 Å². The summed E-state index contributed by atoms with van der Waals surface area (Å²) < 4.78 is 5.50. The van der Waals surface area contributed by atoms with Crippen LogP contribution in [0.25, 0.3) is 0 Å². The maximum atomic E-state index is 11.6. The topological polar surface area (TPSA) is 44.8 Å². The summed E-state index contributed by atoms with van der Waals surface area (Å²) in [5.74, 6) is 0.966. The molecule has 1 atom stereocenters. The first kappa shape index (κ1) is 14.2. The smallest absolute Gasteiger partial charge is 0.317 e. The van der Waals surface area contributed by atoms with Crippen LogP contribution in [0.4, 0.5) is 4.79 Å². The Labute approximate surface area is 125 Å². The molecule has 114 valence electrons. The molecule has 0 spiro atoms. The fourth-order valence-electron chi connectivity index (χ4n) is 3.36. The van der Waals surface area contributed by atoms with Crippen LogP contribution in [-0.2, 0) is 0 Å². The van der Waals surface area contributed by atoms with Gasteiger partial charge in [0.25, 0.3) is 0 Å². The van der Waals surface area contributed by atoms with Crippen molar-refractivity contribution in [3.63, 3.8) is 0 Å². The number of urea groups is 1. The summed E-state index contributed by atoms with van der Waals surface area (Å²) in [6.45, 7) is 4.42. The second-order valence-corrected chi connectivity index (χ2v) is 5.65. The van der Waals surface area contributed by atoms with Gasteiger partial charge in [-0.1, -0.05) is 18.2 Å². The molecule has 0 radical (unpaired) electrons. The molecule has 5 heteroatoms. The van der Waals surface area contributed by atoms with Crippen LogP contribution in [0.15, 0.2) is 24.3 Å². The maximum absolute atomic E-state index is 11.6. The van der Waals surface area contributed by atoms with Gasteiger partial charge >= 0.3 is 6.03 Å². The summed E-state index contributed by atoms with van der Waals surface area (Å²) >= 11 is 0. The van der Waals surface area contributed by atoms with Gasteiger partial charge in [0.1, 0.15) is 5.75 Å². The van der Waals surface area contributed by atoms with E-state index >= 15 is 0 Å². The van der Waals surface area contributed by atoms with Gasteiger partial charge in [0, 0.05) is 37.8 Å². The Morgan fingerprint density at radius 2 is 2.14 bits per heavy atom. The number of methoxy groups -OCH3 is 1. The number of benzene rings is 1. The molecule has 2 aliphatic rings. The van der Waals surface area contributed by atoms with Gasteiger partial charge in [-0.3, -0.25) is 4.90 Å². The summed E-state index contributed by atoms with van der Waals surface area (Å²) in [5, 5.41) is 2.85.